The molecule has 0 amide bonds. The molecule has 0 fully saturated rings. The first-order valence-corrected chi connectivity index (χ1v) is 9.90. The fourth-order valence-corrected chi connectivity index (χ4v) is 2.71. The van der Waals surface area contributed by atoms with E-state index >= 15 is 0 Å². The van der Waals surface area contributed by atoms with Gasteiger partial charge in [0.05, 0.1) is 0 Å². The van der Waals surface area contributed by atoms with E-state index in [1.807, 2.05) is 48.5 Å². The SMILES string of the molecule is Clc1ccc(NCCCNCCNCCCNc2ccc(Cl)cc2)cc1. The molecule has 0 bridgehead atoms. The molecule has 0 aliphatic rings. The Labute approximate surface area is 166 Å². The van der Waals surface area contributed by atoms with Crippen molar-refractivity contribution in [2.45, 2.75) is 12.8 Å². The highest BCUT2D eigenvalue weighted by atomic mass is 35.5. The molecule has 0 aliphatic heterocycles. The molecule has 0 unspecified atom stereocenters. The van der Waals surface area contributed by atoms with Crippen LogP contribution >= 0.6 is 23.2 Å². The minimum absolute atomic E-state index is 0.769. The van der Waals surface area contributed by atoms with Crippen molar-refractivity contribution >= 4 is 34.6 Å². The maximum atomic E-state index is 5.87. The Morgan fingerprint density at radius 2 is 0.885 bits per heavy atom. The Kier molecular flexibility index (Phi) is 10.3. The first-order valence-electron chi connectivity index (χ1n) is 9.14. The van der Waals surface area contributed by atoms with Crippen LogP contribution in [-0.4, -0.2) is 39.3 Å². The molecule has 0 aromatic heterocycles. The van der Waals surface area contributed by atoms with Crippen LogP contribution in [0.3, 0.4) is 0 Å². The second-order valence-corrected chi connectivity index (χ2v) is 6.95. The Hall–Kier alpha value is -1.46. The zero-order valence-electron chi connectivity index (χ0n) is 15.0. The summed E-state index contributed by atoms with van der Waals surface area (Å²) in [7, 11) is 0. The van der Waals surface area contributed by atoms with E-state index in [2.05, 4.69) is 21.3 Å². The van der Waals surface area contributed by atoms with Crippen molar-refractivity contribution in [2.75, 3.05) is 49.9 Å². The van der Waals surface area contributed by atoms with Crippen molar-refractivity contribution in [3.8, 4) is 0 Å². The van der Waals surface area contributed by atoms with Crippen LogP contribution in [0.15, 0.2) is 48.5 Å². The second kappa shape index (κ2) is 12.8. The van der Waals surface area contributed by atoms with Crippen molar-refractivity contribution in [1.29, 1.82) is 0 Å². The summed E-state index contributed by atoms with van der Waals surface area (Å²) in [6, 6.07) is 15.6. The lowest BCUT2D eigenvalue weighted by atomic mass is 10.3. The Morgan fingerprint density at radius 1 is 0.500 bits per heavy atom. The summed E-state index contributed by atoms with van der Waals surface area (Å²) in [4.78, 5) is 0. The summed E-state index contributed by atoms with van der Waals surface area (Å²) in [5.41, 5.74) is 2.23. The van der Waals surface area contributed by atoms with Crippen LogP contribution in [0.4, 0.5) is 11.4 Å². The topological polar surface area (TPSA) is 48.1 Å². The number of benzene rings is 2. The average molecular weight is 395 g/mol. The molecule has 0 saturated heterocycles. The number of hydrogen-bond acceptors (Lipinski definition) is 4. The van der Waals surface area contributed by atoms with Gasteiger partial charge in [-0.1, -0.05) is 23.2 Å². The minimum Gasteiger partial charge on any atom is -0.385 e. The summed E-state index contributed by atoms with van der Waals surface area (Å²) in [6.07, 6.45) is 2.18. The van der Waals surface area contributed by atoms with Crippen molar-refractivity contribution in [3.63, 3.8) is 0 Å². The van der Waals surface area contributed by atoms with Crippen LogP contribution in [0, 0.1) is 0 Å². The fourth-order valence-electron chi connectivity index (χ4n) is 2.45. The van der Waals surface area contributed by atoms with E-state index in [0.29, 0.717) is 0 Å². The van der Waals surface area contributed by atoms with Gasteiger partial charge in [0, 0.05) is 47.6 Å². The normalized spacial score (nSPS) is 10.7. The molecule has 0 atom stereocenters. The number of anilines is 2. The first-order chi connectivity index (χ1) is 12.7. The molecule has 2 aromatic carbocycles. The van der Waals surface area contributed by atoms with Crippen LogP contribution in [0.2, 0.25) is 10.0 Å². The summed E-state index contributed by atoms with van der Waals surface area (Å²) in [5, 5.41) is 15.2. The summed E-state index contributed by atoms with van der Waals surface area (Å²) >= 11 is 11.7. The Morgan fingerprint density at radius 3 is 1.27 bits per heavy atom. The Bertz CT molecular complexity index is 547. The van der Waals surface area contributed by atoms with Crippen molar-refractivity contribution < 1.29 is 0 Å². The van der Waals surface area contributed by atoms with Crippen molar-refractivity contribution in [2.24, 2.45) is 0 Å². The molecule has 0 spiro atoms. The van der Waals surface area contributed by atoms with Crippen LogP contribution < -0.4 is 21.3 Å². The third kappa shape index (κ3) is 9.30. The molecule has 0 heterocycles. The first kappa shape index (κ1) is 20.8. The molecular formula is C20H28Cl2N4. The lowest BCUT2D eigenvalue weighted by molar-refractivity contribution is 0.595. The zero-order chi connectivity index (χ0) is 18.5. The largest absolute Gasteiger partial charge is 0.385 e. The molecule has 0 aliphatic carbocycles. The second-order valence-electron chi connectivity index (χ2n) is 6.07. The van der Waals surface area contributed by atoms with E-state index in [-0.39, 0.29) is 0 Å². The highest BCUT2D eigenvalue weighted by molar-refractivity contribution is 6.30. The molecule has 142 valence electrons. The number of halogens is 2. The smallest absolute Gasteiger partial charge is 0.0407 e. The minimum atomic E-state index is 0.769. The van der Waals surface area contributed by atoms with Gasteiger partial charge >= 0.3 is 0 Å². The predicted molar refractivity (Wildman–Crippen MR) is 115 cm³/mol. The van der Waals surface area contributed by atoms with E-state index in [9.17, 15) is 0 Å². The van der Waals surface area contributed by atoms with Gasteiger partial charge in [-0.2, -0.15) is 0 Å². The molecule has 4 nitrogen and oxygen atoms in total. The Balaban J connectivity index is 1.35. The van der Waals surface area contributed by atoms with Gasteiger partial charge in [-0.3, -0.25) is 0 Å². The lowest BCUT2D eigenvalue weighted by Gasteiger charge is -2.09. The molecule has 0 radical (unpaired) electrons. The summed E-state index contributed by atoms with van der Waals surface area (Å²) < 4.78 is 0. The van der Waals surface area contributed by atoms with Gasteiger partial charge in [0.25, 0.3) is 0 Å². The highest BCUT2D eigenvalue weighted by Crippen LogP contribution is 2.13. The van der Waals surface area contributed by atoms with Gasteiger partial charge in [0.2, 0.25) is 0 Å². The van der Waals surface area contributed by atoms with Gasteiger partial charge in [0.15, 0.2) is 0 Å². The number of hydrogen-bond donors (Lipinski definition) is 4. The monoisotopic (exact) mass is 394 g/mol. The number of nitrogens with one attached hydrogen (secondary N) is 4. The van der Waals surface area contributed by atoms with E-state index in [1.54, 1.807) is 0 Å². The summed E-state index contributed by atoms with van der Waals surface area (Å²) in [6.45, 7) is 5.93. The van der Waals surface area contributed by atoms with Gasteiger partial charge < -0.3 is 21.3 Å². The predicted octanol–water partition coefficient (Wildman–Crippen LogP) is 4.48. The molecule has 2 aromatic rings. The maximum absolute atomic E-state index is 5.87. The molecule has 4 N–H and O–H groups in total. The molecule has 0 saturated carbocycles. The fraction of sp³-hybridized carbons (Fsp3) is 0.400. The maximum Gasteiger partial charge on any atom is 0.0407 e. The van der Waals surface area contributed by atoms with Crippen LogP contribution in [0.5, 0.6) is 0 Å². The van der Waals surface area contributed by atoms with Crippen LogP contribution in [0.1, 0.15) is 12.8 Å². The summed E-state index contributed by atoms with van der Waals surface area (Å²) in [5.74, 6) is 0. The molecule has 2 rings (SSSR count). The van der Waals surface area contributed by atoms with E-state index in [0.717, 1.165) is 73.5 Å². The van der Waals surface area contributed by atoms with Gasteiger partial charge in [-0.15, -0.1) is 0 Å². The quantitative estimate of drug-likeness (QED) is 0.378. The third-order valence-electron chi connectivity index (χ3n) is 3.89. The zero-order valence-corrected chi connectivity index (χ0v) is 16.5. The number of rotatable bonds is 13. The van der Waals surface area contributed by atoms with E-state index in [4.69, 9.17) is 23.2 Å². The highest BCUT2D eigenvalue weighted by Gasteiger charge is 1.94. The van der Waals surface area contributed by atoms with Crippen molar-refractivity contribution in [1.82, 2.24) is 10.6 Å². The van der Waals surface area contributed by atoms with Crippen molar-refractivity contribution in [3.05, 3.63) is 58.6 Å². The van der Waals surface area contributed by atoms with Crippen LogP contribution in [-0.2, 0) is 0 Å². The van der Waals surface area contributed by atoms with Crippen LogP contribution in [0.25, 0.3) is 0 Å². The molecular weight excluding hydrogens is 367 g/mol. The van der Waals surface area contributed by atoms with Gasteiger partial charge in [-0.05, 0) is 74.5 Å². The standard InChI is InChI=1S/C20H28Cl2N4/c21-17-3-7-19(8-4-17)25-13-1-11-23-15-16-24-12-2-14-26-20-9-5-18(22)6-10-20/h3-10,23-26H,1-2,11-16H2. The van der Waals surface area contributed by atoms with Gasteiger partial charge in [-0.25, -0.2) is 0 Å². The average Bonchev–Trinajstić information content (AvgIpc) is 2.65. The molecule has 6 heteroatoms. The van der Waals surface area contributed by atoms with E-state index in [1.165, 1.54) is 0 Å². The van der Waals surface area contributed by atoms with E-state index < -0.39 is 0 Å². The lowest BCUT2D eigenvalue weighted by Crippen LogP contribution is -2.29. The van der Waals surface area contributed by atoms with Gasteiger partial charge in [0.1, 0.15) is 0 Å². The molecule has 26 heavy (non-hydrogen) atoms. The third-order valence-corrected chi connectivity index (χ3v) is 4.39.